The molecule has 1 aromatic rings. The van der Waals surface area contributed by atoms with E-state index in [1.165, 1.54) is 0 Å². The predicted octanol–water partition coefficient (Wildman–Crippen LogP) is 0.746. The normalized spacial score (nSPS) is 11.6. The van der Waals surface area contributed by atoms with Crippen molar-refractivity contribution in [2.24, 2.45) is 4.99 Å². The molecule has 0 aliphatic rings. The van der Waals surface area contributed by atoms with Crippen molar-refractivity contribution < 1.29 is 0 Å². The van der Waals surface area contributed by atoms with Crippen LogP contribution >= 0.6 is 11.8 Å². The summed E-state index contributed by atoms with van der Waals surface area (Å²) < 4.78 is 0. The summed E-state index contributed by atoms with van der Waals surface area (Å²) in [5.74, 6) is 2.82. The average Bonchev–Trinajstić information content (AvgIpc) is 2.70. The molecule has 0 aliphatic carbocycles. The van der Waals surface area contributed by atoms with Crippen molar-refractivity contribution in [3.8, 4) is 0 Å². The van der Waals surface area contributed by atoms with Gasteiger partial charge in [0, 0.05) is 37.8 Å². The second-order valence-corrected chi connectivity index (χ2v) is 4.38. The van der Waals surface area contributed by atoms with E-state index in [0.29, 0.717) is 0 Å². The molecule has 5 nitrogen and oxygen atoms in total. The minimum absolute atomic E-state index is 0.830. The third-order valence-electron chi connectivity index (χ3n) is 2.17. The van der Waals surface area contributed by atoms with Crippen LogP contribution in [0.15, 0.2) is 11.3 Å². The van der Waals surface area contributed by atoms with E-state index in [0.717, 1.165) is 35.4 Å². The van der Waals surface area contributed by atoms with Gasteiger partial charge in [0.1, 0.15) is 0 Å². The zero-order chi connectivity index (χ0) is 11.8. The van der Waals surface area contributed by atoms with Crippen molar-refractivity contribution >= 4 is 17.7 Å². The fourth-order valence-corrected chi connectivity index (χ4v) is 2.10. The van der Waals surface area contributed by atoms with Gasteiger partial charge in [-0.05, 0) is 6.92 Å². The quantitative estimate of drug-likeness (QED) is 0.404. The number of hydrogen-bond acceptors (Lipinski definition) is 3. The highest BCUT2D eigenvalue weighted by molar-refractivity contribution is 7.98. The van der Waals surface area contributed by atoms with Gasteiger partial charge in [-0.1, -0.05) is 0 Å². The molecule has 0 saturated heterocycles. The second-order valence-electron chi connectivity index (χ2n) is 3.28. The molecule has 0 aromatic carbocycles. The average molecular weight is 241 g/mol. The maximum atomic E-state index is 4.25. The molecular weight excluding hydrogens is 222 g/mol. The van der Waals surface area contributed by atoms with E-state index in [4.69, 9.17) is 0 Å². The van der Waals surface area contributed by atoms with Crippen LogP contribution in [0.3, 0.4) is 0 Å². The Morgan fingerprint density at radius 1 is 1.62 bits per heavy atom. The maximum absolute atomic E-state index is 4.25. The topological polar surface area (TPSA) is 65.1 Å². The van der Waals surface area contributed by atoms with Crippen LogP contribution in [0.1, 0.15) is 11.4 Å². The van der Waals surface area contributed by atoms with Crippen molar-refractivity contribution in [1.29, 1.82) is 0 Å². The van der Waals surface area contributed by atoms with Crippen LogP contribution < -0.4 is 10.6 Å². The molecule has 16 heavy (non-hydrogen) atoms. The third kappa shape index (κ3) is 4.14. The fraction of sp³-hybridized carbons (Fsp3) is 0.600. The molecule has 0 fully saturated rings. The van der Waals surface area contributed by atoms with E-state index in [1.54, 1.807) is 13.4 Å². The molecule has 1 aromatic heterocycles. The molecule has 0 spiro atoms. The molecule has 0 unspecified atom stereocenters. The molecular formula is C10H19N5S. The predicted molar refractivity (Wildman–Crippen MR) is 69.9 cm³/mol. The lowest BCUT2D eigenvalue weighted by Gasteiger charge is -2.07. The third-order valence-corrected chi connectivity index (χ3v) is 3.14. The van der Waals surface area contributed by atoms with Crippen molar-refractivity contribution in [3.63, 3.8) is 0 Å². The molecule has 3 N–H and O–H groups in total. The number of aryl methyl sites for hydroxylation is 1. The van der Waals surface area contributed by atoms with Crippen LogP contribution in [0.5, 0.6) is 0 Å². The SMILES string of the molecule is CN=C(NC)NCCSCc1nc[nH]c1C. The first-order valence-corrected chi connectivity index (χ1v) is 6.38. The van der Waals surface area contributed by atoms with Gasteiger partial charge >= 0.3 is 0 Å². The van der Waals surface area contributed by atoms with Gasteiger partial charge in [-0.15, -0.1) is 0 Å². The molecule has 0 saturated carbocycles. The Bertz CT molecular complexity index is 334. The highest BCUT2D eigenvalue weighted by Gasteiger charge is 2.00. The van der Waals surface area contributed by atoms with Crippen LogP contribution in [-0.2, 0) is 5.75 Å². The lowest BCUT2D eigenvalue weighted by atomic mass is 10.4. The molecule has 6 heteroatoms. The Morgan fingerprint density at radius 3 is 3.00 bits per heavy atom. The Balaban J connectivity index is 2.11. The smallest absolute Gasteiger partial charge is 0.190 e. The van der Waals surface area contributed by atoms with E-state index in [9.17, 15) is 0 Å². The van der Waals surface area contributed by atoms with Crippen molar-refractivity contribution in [3.05, 3.63) is 17.7 Å². The largest absolute Gasteiger partial charge is 0.359 e. The first kappa shape index (κ1) is 12.9. The Kier molecular flexibility index (Phi) is 5.77. The van der Waals surface area contributed by atoms with Crippen molar-refractivity contribution in [2.45, 2.75) is 12.7 Å². The minimum Gasteiger partial charge on any atom is -0.359 e. The molecule has 90 valence electrons. The number of nitrogens with one attached hydrogen (secondary N) is 3. The Morgan fingerprint density at radius 2 is 2.44 bits per heavy atom. The number of nitrogens with zero attached hydrogens (tertiary/aromatic N) is 2. The maximum Gasteiger partial charge on any atom is 0.190 e. The zero-order valence-electron chi connectivity index (χ0n) is 10.0. The van der Waals surface area contributed by atoms with E-state index < -0.39 is 0 Å². The van der Waals surface area contributed by atoms with Gasteiger partial charge in [-0.25, -0.2) is 4.98 Å². The minimum atomic E-state index is 0.830. The van der Waals surface area contributed by atoms with Gasteiger partial charge in [0.15, 0.2) is 5.96 Å². The molecule has 0 bridgehead atoms. The van der Waals surface area contributed by atoms with E-state index in [1.807, 2.05) is 25.7 Å². The number of thioether (sulfide) groups is 1. The summed E-state index contributed by atoms with van der Waals surface area (Å²) in [6.07, 6.45) is 1.74. The van der Waals surface area contributed by atoms with Gasteiger partial charge in [-0.3, -0.25) is 4.99 Å². The van der Waals surface area contributed by atoms with E-state index in [2.05, 4.69) is 25.6 Å². The number of aromatic nitrogens is 2. The number of guanidine groups is 1. The van der Waals surface area contributed by atoms with Crippen LogP contribution in [0.25, 0.3) is 0 Å². The molecule has 1 rings (SSSR count). The number of imidazole rings is 1. The second kappa shape index (κ2) is 7.16. The van der Waals surface area contributed by atoms with Gasteiger partial charge in [0.25, 0.3) is 0 Å². The number of rotatable bonds is 5. The molecule has 0 radical (unpaired) electrons. The van der Waals surface area contributed by atoms with Crippen molar-refractivity contribution in [2.75, 3.05) is 26.4 Å². The molecule has 1 heterocycles. The number of aromatic amines is 1. The van der Waals surface area contributed by atoms with Crippen LogP contribution in [0.2, 0.25) is 0 Å². The summed E-state index contributed by atoms with van der Waals surface area (Å²) in [6.45, 7) is 2.95. The summed E-state index contributed by atoms with van der Waals surface area (Å²) in [4.78, 5) is 11.4. The fourth-order valence-electron chi connectivity index (χ4n) is 1.22. The Labute approximate surface area is 101 Å². The lowest BCUT2D eigenvalue weighted by Crippen LogP contribution is -2.35. The summed E-state index contributed by atoms with van der Waals surface area (Å²) in [7, 11) is 3.62. The van der Waals surface area contributed by atoms with Crippen molar-refractivity contribution in [1.82, 2.24) is 20.6 Å². The first-order chi connectivity index (χ1) is 7.77. The lowest BCUT2D eigenvalue weighted by molar-refractivity contribution is 0.912. The summed E-state index contributed by atoms with van der Waals surface area (Å²) in [5.41, 5.74) is 2.30. The Hall–Kier alpha value is -1.17. The van der Waals surface area contributed by atoms with E-state index in [-0.39, 0.29) is 0 Å². The standard InChI is InChI=1S/C10H19N5S/c1-8-9(15-7-14-8)6-16-5-4-13-10(11-2)12-3/h7H,4-6H2,1-3H3,(H,14,15)(H2,11,12,13). The molecule has 0 aliphatic heterocycles. The molecule has 0 atom stereocenters. The molecule has 0 amide bonds. The summed E-state index contributed by atoms with van der Waals surface area (Å²) >= 11 is 1.86. The van der Waals surface area contributed by atoms with Crippen LogP contribution in [-0.4, -0.2) is 42.3 Å². The highest BCUT2D eigenvalue weighted by Crippen LogP contribution is 2.11. The van der Waals surface area contributed by atoms with E-state index >= 15 is 0 Å². The number of aliphatic imine (C=N–C) groups is 1. The highest BCUT2D eigenvalue weighted by atomic mass is 32.2. The summed E-state index contributed by atoms with van der Waals surface area (Å²) in [6, 6.07) is 0. The van der Waals surface area contributed by atoms with Gasteiger partial charge in [0.05, 0.1) is 12.0 Å². The van der Waals surface area contributed by atoms with Gasteiger partial charge < -0.3 is 15.6 Å². The monoisotopic (exact) mass is 241 g/mol. The summed E-state index contributed by atoms with van der Waals surface area (Å²) in [5, 5.41) is 6.18. The van der Waals surface area contributed by atoms with Gasteiger partial charge in [0.2, 0.25) is 0 Å². The van der Waals surface area contributed by atoms with Crippen LogP contribution in [0, 0.1) is 6.92 Å². The number of H-pyrrole nitrogens is 1. The number of hydrogen-bond donors (Lipinski definition) is 3. The van der Waals surface area contributed by atoms with Crippen LogP contribution in [0.4, 0.5) is 0 Å². The van der Waals surface area contributed by atoms with Gasteiger partial charge in [-0.2, -0.15) is 11.8 Å². The zero-order valence-corrected chi connectivity index (χ0v) is 10.8. The first-order valence-electron chi connectivity index (χ1n) is 5.23.